The van der Waals surface area contributed by atoms with Crippen molar-refractivity contribution in [3.05, 3.63) is 180 Å². The molecule has 254 valence electrons. The van der Waals surface area contributed by atoms with Crippen molar-refractivity contribution in [3.63, 3.8) is 0 Å². The van der Waals surface area contributed by atoms with Gasteiger partial charge in [-0.15, -0.1) is 0 Å². The maximum atomic E-state index is 2.61. The molecule has 51 heavy (non-hydrogen) atoms. The lowest BCUT2D eigenvalue weighted by Gasteiger charge is -2.27. The van der Waals surface area contributed by atoms with Gasteiger partial charge in [-0.1, -0.05) is 135 Å². The molecule has 0 unspecified atom stereocenters. The molecule has 0 N–H and O–H groups in total. The van der Waals surface area contributed by atoms with Crippen LogP contribution in [0, 0.1) is 0 Å². The van der Waals surface area contributed by atoms with Crippen LogP contribution in [0.25, 0.3) is 21.5 Å². The summed E-state index contributed by atoms with van der Waals surface area (Å²) in [6, 6.07) is 49.0. The van der Waals surface area contributed by atoms with E-state index in [-0.39, 0.29) is 10.8 Å². The summed E-state index contributed by atoms with van der Waals surface area (Å²) in [6.07, 6.45) is 11.5. The van der Waals surface area contributed by atoms with Gasteiger partial charge in [0.15, 0.2) is 5.71 Å². The molecule has 2 aliphatic heterocycles. The highest BCUT2D eigenvalue weighted by Crippen LogP contribution is 2.51. The second-order valence-corrected chi connectivity index (χ2v) is 15.4. The van der Waals surface area contributed by atoms with E-state index in [4.69, 9.17) is 0 Å². The molecule has 0 aromatic heterocycles. The third-order valence-electron chi connectivity index (χ3n) is 11.4. The zero-order chi connectivity index (χ0) is 35.0. The van der Waals surface area contributed by atoms with Crippen LogP contribution in [0.3, 0.4) is 0 Å². The smallest absolute Gasteiger partial charge is 0.210 e. The standard InChI is InChI=1S/C49H49N2/c1-48(2)44(50(34-16-22-36-18-7-5-8-19-36)42-32-30-38-24-11-13-26-40(38)46(42)48)28-15-29-45-49(3,4)47-41-27-14-12-25-39(41)31-33-43(47)51(45)35-17-23-37-20-9-6-10-21-37/h5-15,18-21,24-33H,16-17,22-23,34-35H2,1-4H3/q+1. The van der Waals surface area contributed by atoms with Gasteiger partial charge in [0.05, 0.1) is 5.41 Å². The fourth-order valence-corrected chi connectivity index (χ4v) is 8.95. The van der Waals surface area contributed by atoms with Crippen molar-refractivity contribution in [2.75, 3.05) is 18.0 Å². The highest BCUT2D eigenvalue weighted by molar-refractivity contribution is 6.07. The zero-order valence-corrected chi connectivity index (χ0v) is 30.6. The van der Waals surface area contributed by atoms with E-state index in [1.54, 1.807) is 0 Å². The number of allylic oxidation sites excluding steroid dienone is 4. The van der Waals surface area contributed by atoms with Gasteiger partial charge in [0.25, 0.3) is 0 Å². The molecule has 0 atom stereocenters. The summed E-state index contributed by atoms with van der Waals surface area (Å²) in [6.45, 7) is 11.6. The van der Waals surface area contributed by atoms with Gasteiger partial charge in [0, 0.05) is 47.5 Å². The monoisotopic (exact) mass is 665 g/mol. The first-order chi connectivity index (χ1) is 24.8. The average Bonchev–Trinajstić information content (AvgIpc) is 3.51. The first kappa shape index (κ1) is 33.0. The van der Waals surface area contributed by atoms with Crippen LogP contribution in [0.1, 0.15) is 62.8 Å². The van der Waals surface area contributed by atoms with Crippen molar-refractivity contribution >= 4 is 38.6 Å². The van der Waals surface area contributed by atoms with Crippen LogP contribution in [-0.2, 0) is 23.7 Å². The van der Waals surface area contributed by atoms with Gasteiger partial charge in [0.2, 0.25) is 5.69 Å². The summed E-state index contributed by atoms with van der Waals surface area (Å²) in [4.78, 5) is 2.61. The Bertz CT molecular complexity index is 2300. The van der Waals surface area contributed by atoms with Crippen LogP contribution in [-0.4, -0.2) is 23.4 Å². The fourth-order valence-electron chi connectivity index (χ4n) is 8.95. The number of hydrogen-bond donors (Lipinski definition) is 0. The predicted octanol–water partition coefficient (Wildman–Crippen LogP) is 11.9. The number of anilines is 1. The fraction of sp³-hybridized carbons (Fsp3) is 0.245. The molecule has 6 aromatic carbocycles. The maximum absolute atomic E-state index is 2.61. The van der Waals surface area contributed by atoms with Gasteiger partial charge in [-0.05, 0) is 89.6 Å². The van der Waals surface area contributed by atoms with Gasteiger partial charge in [-0.25, -0.2) is 0 Å². The lowest BCUT2D eigenvalue weighted by molar-refractivity contribution is -0.438. The Morgan fingerprint density at radius 3 is 1.80 bits per heavy atom. The molecule has 0 saturated heterocycles. The Balaban J connectivity index is 1.18. The van der Waals surface area contributed by atoms with E-state index < -0.39 is 0 Å². The summed E-state index contributed by atoms with van der Waals surface area (Å²) >= 11 is 0. The molecule has 0 bridgehead atoms. The molecule has 0 aliphatic carbocycles. The van der Waals surface area contributed by atoms with Gasteiger partial charge in [-0.2, -0.15) is 4.58 Å². The maximum Gasteiger partial charge on any atom is 0.210 e. The highest BCUT2D eigenvalue weighted by atomic mass is 15.2. The Morgan fingerprint density at radius 2 is 1.14 bits per heavy atom. The highest BCUT2D eigenvalue weighted by Gasteiger charge is 2.45. The Labute approximate surface area is 304 Å². The molecular formula is C49H49N2+. The summed E-state index contributed by atoms with van der Waals surface area (Å²) in [5.41, 5.74) is 10.8. The number of hydrogen-bond acceptors (Lipinski definition) is 1. The zero-order valence-electron chi connectivity index (χ0n) is 30.6. The van der Waals surface area contributed by atoms with E-state index >= 15 is 0 Å². The molecule has 2 heteroatoms. The van der Waals surface area contributed by atoms with E-state index in [0.717, 1.165) is 38.8 Å². The summed E-state index contributed by atoms with van der Waals surface area (Å²) < 4.78 is 2.61. The summed E-state index contributed by atoms with van der Waals surface area (Å²) in [5, 5.41) is 5.34. The number of fused-ring (bicyclic) bond motifs is 6. The number of aryl methyl sites for hydroxylation is 2. The van der Waals surface area contributed by atoms with Crippen LogP contribution in [0.15, 0.2) is 157 Å². The molecule has 0 spiro atoms. The molecule has 0 fully saturated rings. The Kier molecular flexibility index (Phi) is 8.72. The van der Waals surface area contributed by atoms with Gasteiger partial charge >= 0.3 is 0 Å². The van der Waals surface area contributed by atoms with E-state index in [0.29, 0.717) is 0 Å². The summed E-state index contributed by atoms with van der Waals surface area (Å²) in [7, 11) is 0. The first-order valence-electron chi connectivity index (χ1n) is 18.8. The van der Waals surface area contributed by atoms with E-state index in [1.807, 2.05) is 0 Å². The van der Waals surface area contributed by atoms with Crippen molar-refractivity contribution in [3.8, 4) is 0 Å². The minimum Gasteiger partial charge on any atom is -0.344 e. The minimum absolute atomic E-state index is 0.141. The lowest BCUT2D eigenvalue weighted by atomic mass is 9.79. The van der Waals surface area contributed by atoms with Gasteiger partial charge in [-0.3, -0.25) is 0 Å². The van der Waals surface area contributed by atoms with Gasteiger partial charge < -0.3 is 4.90 Å². The third-order valence-corrected chi connectivity index (χ3v) is 11.4. The first-order valence-corrected chi connectivity index (χ1v) is 18.8. The lowest BCUT2D eigenvalue weighted by Crippen LogP contribution is -2.28. The van der Waals surface area contributed by atoms with Crippen LogP contribution in [0.2, 0.25) is 0 Å². The second kappa shape index (κ2) is 13.5. The van der Waals surface area contributed by atoms with Crippen molar-refractivity contribution in [2.24, 2.45) is 0 Å². The average molecular weight is 666 g/mol. The minimum atomic E-state index is -0.141. The Hall–Kier alpha value is -5.21. The molecular weight excluding hydrogens is 617 g/mol. The molecule has 0 saturated carbocycles. The van der Waals surface area contributed by atoms with Crippen molar-refractivity contribution < 1.29 is 4.58 Å². The van der Waals surface area contributed by atoms with E-state index in [1.165, 1.54) is 66.6 Å². The van der Waals surface area contributed by atoms with Crippen molar-refractivity contribution in [1.29, 1.82) is 0 Å². The second-order valence-electron chi connectivity index (χ2n) is 15.4. The molecule has 2 nitrogen and oxygen atoms in total. The molecule has 2 aliphatic rings. The quantitative estimate of drug-likeness (QED) is 0.132. The number of nitrogens with zero attached hydrogens (tertiary/aromatic N) is 2. The SMILES string of the molecule is CC1(C)C(/C=C/C=C2\N(CCCc3ccccc3)c3ccc4ccccc4c3C2(C)C)=[N+](CCCc2ccccc2)c2ccc3ccccc3c21. The molecule has 8 rings (SSSR count). The van der Waals surface area contributed by atoms with E-state index in [2.05, 4.69) is 189 Å². The van der Waals surface area contributed by atoms with Crippen molar-refractivity contribution in [2.45, 2.75) is 64.2 Å². The van der Waals surface area contributed by atoms with Crippen LogP contribution >= 0.6 is 0 Å². The van der Waals surface area contributed by atoms with Crippen LogP contribution in [0.4, 0.5) is 11.4 Å². The number of benzene rings is 6. The molecule has 2 heterocycles. The largest absolute Gasteiger partial charge is 0.344 e. The molecule has 0 amide bonds. The summed E-state index contributed by atoms with van der Waals surface area (Å²) in [5.74, 6) is 0. The Morgan fingerprint density at radius 1 is 0.569 bits per heavy atom. The van der Waals surface area contributed by atoms with Crippen LogP contribution < -0.4 is 4.90 Å². The van der Waals surface area contributed by atoms with Crippen molar-refractivity contribution in [1.82, 2.24) is 0 Å². The topological polar surface area (TPSA) is 6.25 Å². The van der Waals surface area contributed by atoms with Gasteiger partial charge in [0.1, 0.15) is 6.54 Å². The normalized spacial score (nSPS) is 16.9. The van der Waals surface area contributed by atoms with Crippen LogP contribution in [0.5, 0.6) is 0 Å². The predicted molar refractivity (Wildman–Crippen MR) is 218 cm³/mol. The molecule has 6 aromatic rings. The third kappa shape index (κ3) is 6.01. The number of rotatable bonds is 10. The molecule has 0 radical (unpaired) electrons. The van der Waals surface area contributed by atoms with E-state index in [9.17, 15) is 0 Å².